The fourth-order valence-electron chi connectivity index (χ4n) is 4.20. The van der Waals surface area contributed by atoms with Gasteiger partial charge in [-0.05, 0) is 49.4 Å². The summed E-state index contributed by atoms with van der Waals surface area (Å²) in [5.41, 5.74) is 0.272. The highest BCUT2D eigenvalue weighted by Gasteiger charge is 2.37. The molecule has 1 fully saturated rings. The van der Waals surface area contributed by atoms with Gasteiger partial charge in [-0.15, -0.1) is 0 Å². The van der Waals surface area contributed by atoms with Crippen LogP contribution in [-0.2, 0) is 10.9 Å². The summed E-state index contributed by atoms with van der Waals surface area (Å²) in [7, 11) is 0. The van der Waals surface area contributed by atoms with Gasteiger partial charge in [0.05, 0.1) is 30.8 Å². The van der Waals surface area contributed by atoms with Crippen LogP contribution in [0.3, 0.4) is 0 Å². The van der Waals surface area contributed by atoms with Crippen molar-refractivity contribution in [2.75, 3.05) is 43.2 Å². The normalized spacial score (nSPS) is 14.3. The minimum atomic E-state index is -4.66. The number of pyridine rings is 3. The third kappa shape index (κ3) is 5.89. The number of aromatic nitrogens is 5. The van der Waals surface area contributed by atoms with E-state index in [2.05, 4.69) is 30.4 Å². The number of carbonyl (C=O) groups is 1. The fraction of sp³-hybridized carbons (Fsp3) is 0.269. The number of rotatable bonds is 7. The topological polar surface area (TPSA) is 101 Å². The van der Waals surface area contributed by atoms with Gasteiger partial charge < -0.3 is 10.1 Å². The highest BCUT2D eigenvalue weighted by atomic mass is 19.4. The monoisotopic (exact) mass is 538 g/mol. The van der Waals surface area contributed by atoms with Crippen molar-refractivity contribution >= 4 is 17.4 Å². The molecular weight excluding hydrogens is 513 g/mol. The lowest BCUT2D eigenvalue weighted by atomic mass is 10.2. The molecule has 4 aromatic rings. The van der Waals surface area contributed by atoms with Crippen molar-refractivity contribution in [3.8, 4) is 17.1 Å². The zero-order valence-electron chi connectivity index (χ0n) is 21.0. The second-order valence-electron chi connectivity index (χ2n) is 8.61. The fourth-order valence-corrected chi connectivity index (χ4v) is 4.20. The molecule has 10 nitrogen and oxygen atoms in total. The van der Waals surface area contributed by atoms with Crippen LogP contribution in [0.4, 0.5) is 24.7 Å². The van der Waals surface area contributed by atoms with Gasteiger partial charge in [0.2, 0.25) is 0 Å². The average molecular weight is 539 g/mol. The first-order valence-corrected chi connectivity index (χ1v) is 12.2. The third-order valence-corrected chi connectivity index (χ3v) is 6.08. The van der Waals surface area contributed by atoms with E-state index in [-0.39, 0.29) is 11.5 Å². The van der Waals surface area contributed by atoms with Gasteiger partial charge in [0.1, 0.15) is 5.82 Å². The number of morpholine rings is 1. The van der Waals surface area contributed by atoms with Gasteiger partial charge in [-0.3, -0.25) is 14.8 Å². The van der Waals surface area contributed by atoms with Crippen LogP contribution in [0.1, 0.15) is 23.0 Å². The molecule has 4 aromatic heterocycles. The lowest BCUT2D eigenvalue weighted by Gasteiger charge is -2.37. The zero-order valence-corrected chi connectivity index (χ0v) is 21.0. The predicted molar refractivity (Wildman–Crippen MR) is 137 cm³/mol. The maximum absolute atomic E-state index is 13.8. The van der Waals surface area contributed by atoms with Crippen LogP contribution in [-0.4, -0.2) is 68.5 Å². The van der Waals surface area contributed by atoms with E-state index in [4.69, 9.17) is 4.74 Å². The van der Waals surface area contributed by atoms with E-state index in [0.717, 1.165) is 23.8 Å². The van der Waals surface area contributed by atoms with Gasteiger partial charge in [0.25, 0.3) is 5.91 Å². The lowest BCUT2D eigenvalue weighted by Crippen LogP contribution is -2.49. The molecule has 13 heteroatoms. The van der Waals surface area contributed by atoms with Gasteiger partial charge in [-0.25, -0.2) is 19.7 Å². The SMILES string of the molecule is CCN(c1cc(C(=O)Nc2ccc(-n3nc(-c4cccnc4)cc3C(F)(F)F)nc2)ccn1)N1CCOCC1. The Morgan fingerprint density at radius 3 is 2.56 bits per heavy atom. The van der Waals surface area contributed by atoms with E-state index in [0.29, 0.717) is 42.4 Å². The number of alkyl halides is 3. The standard InChI is InChI=1S/C26H25F3N8O2/c1-2-36(35-10-12-39-13-11-35)24-14-18(7-9-31-24)25(38)33-20-5-6-23(32-17-20)37-22(26(27,28)29)15-21(34-37)19-4-3-8-30-16-19/h3-9,14-17H,2,10-13H2,1H3,(H,33,38). The largest absolute Gasteiger partial charge is 0.433 e. The number of amides is 1. The molecule has 0 saturated carbocycles. The minimum Gasteiger partial charge on any atom is -0.379 e. The number of anilines is 2. The Morgan fingerprint density at radius 1 is 1.08 bits per heavy atom. The molecular formula is C26H25F3N8O2. The van der Waals surface area contributed by atoms with Crippen molar-refractivity contribution in [2.45, 2.75) is 13.1 Å². The van der Waals surface area contributed by atoms with Gasteiger partial charge in [0, 0.05) is 49.4 Å². The van der Waals surface area contributed by atoms with Crippen molar-refractivity contribution in [1.29, 1.82) is 0 Å². The molecule has 1 aliphatic rings. The Kier molecular flexibility index (Phi) is 7.52. The molecule has 202 valence electrons. The number of hydrogen-bond donors (Lipinski definition) is 1. The Bertz CT molecular complexity index is 1420. The van der Waals surface area contributed by atoms with E-state index in [1.807, 2.05) is 11.9 Å². The smallest absolute Gasteiger partial charge is 0.379 e. The predicted octanol–water partition coefficient (Wildman–Crippen LogP) is 4.07. The molecule has 0 unspecified atom stereocenters. The third-order valence-electron chi connectivity index (χ3n) is 6.08. The summed E-state index contributed by atoms with van der Waals surface area (Å²) < 4.78 is 47.4. The van der Waals surface area contributed by atoms with Crippen LogP contribution in [0.2, 0.25) is 0 Å². The molecule has 0 bridgehead atoms. The van der Waals surface area contributed by atoms with Gasteiger partial charge in [-0.1, -0.05) is 0 Å². The number of nitrogens with zero attached hydrogens (tertiary/aromatic N) is 7. The first-order valence-electron chi connectivity index (χ1n) is 12.2. The molecule has 39 heavy (non-hydrogen) atoms. The number of carbonyl (C=O) groups excluding carboxylic acids is 1. The summed E-state index contributed by atoms with van der Waals surface area (Å²) in [6.07, 6.45) is 1.15. The van der Waals surface area contributed by atoms with Crippen LogP contribution < -0.4 is 10.3 Å². The maximum Gasteiger partial charge on any atom is 0.433 e. The van der Waals surface area contributed by atoms with Gasteiger partial charge in [-0.2, -0.15) is 18.3 Å². The molecule has 1 N–H and O–H groups in total. The van der Waals surface area contributed by atoms with E-state index in [1.54, 1.807) is 30.5 Å². The second-order valence-corrected chi connectivity index (χ2v) is 8.61. The number of hydrogen-bond acceptors (Lipinski definition) is 8. The quantitative estimate of drug-likeness (QED) is 0.376. The van der Waals surface area contributed by atoms with E-state index >= 15 is 0 Å². The average Bonchev–Trinajstić information content (AvgIpc) is 3.42. The van der Waals surface area contributed by atoms with E-state index in [9.17, 15) is 18.0 Å². The lowest BCUT2D eigenvalue weighted by molar-refractivity contribution is -0.142. The highest BCUT2D eigenvalue weighted by Crippen LogP contribution is 2.33. The summed E-state index contributed by atoms with van der Waals surface area (Å²) in [5.74, 6) is 0.175. The molecule has 5 heterocycles. The van der Waals surface area contributed by atoms with Crippen LogP contribution in [0, 0.1) is 0 Å². The van der Waals surface area contributed by atoms with E-state index in [1.165, 1.54) is 30.7 Å². The summed E-state index contributed by atoms with van der Waals surface area (Å²) in [4.78, 5) is 25.5. The van der Waals surface area contributed by atoms with Crippen molar-refractivity contribution in [2.24, 2.45) is 0 Å². The first kappa shape index (κ1) is 26.3. The molecule has 0 aromatic carbocycles. The van der Waals surface area contributed by atoms with Gasteiger partial charge in [0.15, 0.2) is 11.5 Å². The van der Waals surface area contributed by atoms with Crippen LogP contribution in [0.5, 0.6) is 0 Å². The molecule has 1 saturated heterocycles. The first-order chi connectivity index (χ1) is 18.8. The molecule has 0 spiro atoms. The summed E-state index contributed by atoms with van der Waals surface area (Å²) in [6, 6.07) is 10.3. The van der Waals surface area contributed by atoms with Gasteiger partial charge >= 0.3 is 6.18 Å². The molecule has 0 radical (unpaired) electrons. The maximum atomic E-state index is 13.8. The number of hydrazine groups is 1. The zero-order chi connectivity index (χ0) is 27.4. The van der Waals surface area contributed by atoms with Crippen molar-refractivity contribution < 1.29 is 22.7 Å². The Morgan fingerprint density at radius 2 is 1.90 bits per heavy atom. The van der Waals surface area contributed by atoms with Crippen LogP contribution >= 0.6 is 0 Å². The Labute approximate surface area is 222 Å². The summed E-state index contributed by atoms with van der Waals surface area (Å²) in [6.45, 7) is 5.35. The Balaban J connectivity index is 1.34. The number of ether oxygens (including phenoxy) is 1. The molecule has 5 rings (SSSR count). The number of halogens is 3. The minimum absolute atomic E-state index is 0.0502. The molecule has 0 aliphatic carbocycles. The van der Waals surface area contributed by atoms with Crippen LogP contribution in [0.25, 0.3) is 17.1 Å². The summed E-state index contributed by atoms with van der Waals surface area (Å²) in [5, 5.41) is 11.0. The molecule has 1 amide bonds. The van der Waals surface area contributed by atoms with E-state index < -0.39 is 17.8 Å². The molecule has 0 atom stereocenters. The number of nitrogens with one attached hydrogen (secondary N) is 1. The van der Waals surface area contributed by atoms with Crippen molar-refractivity contribution in [1.82, 2.24) is 29.7 Å². The van der Waals surface area contributed by atoms with Crippen molar-refractivity contribution in [3.05, 3.63) is 78.5 Å². The van der Waals surface area contributed by atoms with Crippen LogP contribution in [0.15, 0.2) is 67.3 Å². The highest BCUT2D eigenvalue weighted by molar-refractivity contribution is 6.04. The second kappa shape index (κ2) is 11.2. The van der Waals surface area contributed by atoms with Crippen molar-refractivity contribution in [3.63, 3.8) is 0 Å². The summed E-state index contributed by atoms with van der Waals surface area (Å²) >= 11 is 0. The Hall–Kier alpha value is -4.36. The molecule has 1 aliphatic heterocycles.